The van der Waals surface area contributed by atoms with Crippen molar-refractivity contribution >= 4 is 17.8 Å². The maximum Gasteiger partial charge on any atom is 0.312 e. The molecule has 2 aromatic carbocycles. The predicted octanol–water partition coefficient (Wildman–Crippen LogP) is 2.57. The molecule has 2 amide bonds. The second-order valence-electron chi connectivity index (χ2n) is 9.11. The van der Waals surface area contributed by atoms with E-state index in [0.717, 1.165) is 11.1 Å². The van der Waals surface area contributed by atoms with Gasteiger partial charge in [-0.3, -0.25) is 14.4 Å². The molecular formula is C26H28N2O6. The second-order valence-corrected chi connectivity index (χ2v) is 9.11. The first-order chi connectivity index (χ1) is 16.4. The molecule has 0 aromatic heterocycles. The SMILES string of the molecule is CCOC(=O)[C@H]1[C@H]2COc3ccc(OC)cc3[C@@H]2N2C(=O)CN(Cc3ccccc3)C(=O)[C@@]12C. The fourth-order valence-corrected chi connectivity index (χ4v) is 5.84. The van der Waals surface area contributed by atoms with E-state index in [9.17, 15) is 14.4 Å². The van der Waals surface area contributed by atoms with Crippen LogP contribution in [0.4, 0.5) is 0 Å². The third kappa shape index (κ3) is 3.23. The average molecular weight is 465 g/mol. The van der Waals surface area contributed by atoms with E-state index in [1.54, 1.807) is 42.9 Å². The van der Waals surface area contributed by atoms with Crippen LogP contribution in [-0.2, 0) is 25.7 Å². The number of rotatable bonds is 5. The van der Waals surface area contributed by atoms with Crippen LogP contribution in [0.2, 0.25) is 0 Å². The van der Waals surface area contributed by atoms with Gasteiger partial charge in [-0.15, -0.1) is 0 Å². The Morgan fingerprint density at radius 3 is 2.65 bits per heavy atom. The number of carbonyl (C=O) groups excluding carboxylic acids is 3. The number of hydrogen-bond donors (Lipinski definition) is 0. The van der Waals surface area contributed by atoms with Gasteiger partial charge in [0.05, 0.1) is 32.3 Å². The molecule has 0 saturated carbocycles. The molecule has 0 bridgehead atoms. The lowest BCUT2D eigenvalue weighted by atomic mass is 9.77. The zero-order valence-corrected chi connectivity index (χ0v) is 19.5. The molecule has 0 N–H and O–H groups in total. The molecule has 2 saturated heterocycles. The molecule has 0 unspecified atom stereocenters. The van der Waals surface area contributed by atoms with Crippen LogP contribution < -0.4 is 9.47 Å². The van der Waals surface area contributed by atoms with Gasteiger partial charge in [-0.2, -0.15) is 0 Å². The lowest BCUT2D eigenvalue weighted by molar-refractivity contribution is -0.170. The average Bonchev–Trinajstić information content (AvgIpc) is 3.13. The first-order valence-electron chi connectivity index (χ1n) is 11.5. The van der Waals surface area contributed by atoms with E-state index in [2.05, 4.69) is 0 Å². The summed E-state index contributed by atoms with van der Waals surface area (Å²) in [6, 6.07) is 14.5. The van der Waals surface area contributed by atoms with Crippen molar-refractivity contribution in [3.8, 4) is 11.5 Å². The molecule has 0 spiro atoms. The van der Waals surface area contributed by atoms with Gasteiger partial charge < -0.3 is 24.0 Å². The minimum absolute atomic E-state index is 0.0533. The van der Waals surface area contributed by atoms with Gasteiger partial charge in [0, 0.05) is 18.0 Å². The lowest BCUT2D eigenvalue weighted by Crippen LogP contribution is -2.67. The van der Waals surface area contributed by atoms with Gasteiger partial charge in [0.25, 0.3) is 0 Å². The van der Waals surface area contributed by atoms with Crippen LogP contribution in [0.5, 0.6) is 11.5 Å². The highest BCUT2D eigenvalue weighted by atomic mass is 16.5. The van der Waals surface area contributed by atoms with Crippen molar-refractivity contribution in [3.63, 3.8) is 0 Å². The summed E-state index contributed by atoms with van der Waals surface area (Å²) in [5, 5.41) is 0. The number of fused-ring (bicyclic) bond motifs is 5. The number of benzene rings is 2. The molecule has 3 heterocycles. The van der Waals surface area contributed by atoms with Crippen LogP contribution in [0.1, 0.15) is 31.0 Å². The molecule has 4 atom stereocenters. The normalized spacial score (nSPS) is 27.4. The number of piperazine rings is 1. The Morgan fingerprint density at radius 2 is 1.94 bits per heavy atom. The number of amides is 2. The molecule has 3 aliphatic heterocycles. The topological polar surface area (TPSA) is 85.4 Å². The summed E-state index contributed by atoms with van der Waals surface area (Å²) in [6.45, 7) is 4.06. The number of methoxy groups -OCH3 is 1. The standard InChI is InChI=1S/C26H28N2O6/c1-4-33-24(30)22-19-15-34-20-11-10-17(32-3)12-18(20)23(19)28-21(29)14-27(25(31)26(22,28)2)13-16-8-6-5-7-9-16/h5-12,19,22-23H,4,13-15H2,1-3H3/t19-,22-,23+,26-/m1/s1. The molecule has 178 valence electrons. The minimum Gasteiger partial charge on any atom is -0.497 e. The van der Waals surface area contributed by atoms with Crippen molar-refractivity contribution < 1.29 is 28.6 Å². The van der Waals surface area contributed by atoms with Gasteiger partial charge in [0.1, 0.15) is 23.6 Å². The van der Waals surface area contributed by atoms with E-state index in [1.165, 1.54) is 0 Å². The van der Waals surface area contributed by atoms with E-state index in [-0.39, 0.29) is 31.6 Å². The number of ether oxygens (including phenoxy) is 3. The maximum absolute atomic E-state index is 14.0. The predicted molar refractivity (Wildman–Crippen MR) is 122 cm³/mol. The largest absolute Gasteiger partial charge is 0.497 e. The van der Waals surface area contributed by atoms with E-state index in [4.69, 9.17) is 14.2 Å². The van der Waals surface area contributed by atoms with Crippen molar-refractivity contribution in [1.29, 1.82) is 0 Å². The van der Waals surface area contributed by atoms with Crippen molar-refractivity contribution in [2.75, 3.05) is 26.9 Å². The Balaban J connectivity index is 1.61. The van der Waals surface area contributed by atoms with E-state index in [1.807, 2.05) is 36.4 Å². The monoisotopic (exact) mass is 464 g/mol. The highest BCUT2D eigenvalue weighted by molar-refractivity contribution is 6.02. The zero-order chi connectivity index (χ0) is 24.0. The summed E-state index contributed by atoms with van der Waals surface area (Å²) in [5.41, 5.74) is 0.272. The molecular weight excluding hydrogens is 436 g/mol. The third-order valence-corrected chi connectivity index (χ3v) is 7.26. The van der Waals surface area contributed by atoms with Crippen molar-refractivity contribution in [2.45, 2.75) is 32.0 Å². The lowest BCUT2D eigenvalue weighted by Gasteiger charge is -2.47. The van der Waals surface area contributed by atoms with E-state index < -0.39 is 29.4 Å². The summed E-state index contributed by atoms with van der Waals surface area (Å²) < 4.78 is 16.9. The Kier molecular flexibility index (Phi) is 5.46. The first kappa shape index (κ1) is 22.3. The number of esters is 1. The first-order valence-corrected chi connectivity index (χ1v) is 11.5. The Morgan fingerprint density at radius 1 is 1.18 bits per heavy atom. The van der Waals surface area contributed by atoms with Crippen LogP contribution in [-0.4, -0.2) is 60.0 Å². The smallest absolute Gasteiger partial charge is 0.312 e. The van der Waals surface area contributed by atoms with Crippen LogP contribution >= 0.6 is 0 Å². The number of nitrogens with zero attached hydrogens (tertiary/aromatic N) is 2. The molecule has 8 nitrogen and oxygen atoms in total. The van der Waals surface area contributed by atoms with Gasteiger partial charge in [-0.1, -0.05) is 30.3 Å². The second kappa shape index (κ2) is 8.34. The third-order valence-electron chi connectivity index (χ3n) is 7.26. The van der Waals surface area contributed by atoms with E-state index >= 15 is 0 Å². The van der Waals surface area contributed by atoms with Crippen molar-refractivity contribution in [3.05, 3.63) is 59.7 Å². The Hall–Kier alpha value is -3.55. The fourth-order valence-electron chi connectivity index (χ4n) is 5.84. The fraction of sp³-hybridized carbons (Fsp3) is 0.423. The highest BCUT2D eigenvalue weighted by Gasteiger charge is 2.69. The Bertz CT molecular complexity index is 1140. The van der Waals surface area contributed by atoms with Crippen molar-refractivity contribution in [1.82, 2.24) is 9.80 Å². The molecule has 2 aromatic rings. The van der Waals surface area contributed by atoms with Crippen LogP contribution in [0.15, 0.2) is 48.5 Å². The zero-order valence-electron chi connectivity index (χ0n) is 19.5. The van der Waals surface area contributed by atoms with Crippen LogP contribution in [0.25, 0.3) is 0 Å². The summed E-state index contributed by atoms with van der Waals surface area (Å²) in [5.74, 6) is -0.977. The van der Waals surface area contributed by atoms with Gasteiger partial charge in [0.2, 0.25) is 11.8 Å². The molecule has 2 fully saturated rings. The van der Waals surface area contributed by atoms with Crippen LogP contribution in [0, 0.1) is 11.8 Å². The molecule has 8 heteroatoms. The summed E-state index contributed by atoms with van der Waals surface area (Å²) in [6.07, 6.45) is 0. The molecule has 34 heavy (non-hydrogen) atoms. The summed E-state index contributed by atoms with van der Waals surface area (Å²) in [7, 11) is 1.57. The van der Waals surface area contributed by atoms with Gasteiger partial charge in [-0.25, -0.2) is 0 Å². The summed E-state index contributed by atoms with van der Waals surface area (Å²) >= 11 is 0. The number of hydrogen-bond acceptors (Lipinski definition) is 6. The minimum atomic E-state index is -1.39. The molecule has 0 radical (unpaired) electrons. The van der Waals surface area contributed by atoms with Crippen LogP contribution in [0.3, 0.4) is 0 Å². The van der Waals surface area contributed by atoms with E-state index in [0.29, 0.717) is 18.0 Å². The summed E-state index contributed by atoms with van der Waals surface area (Å²) in [4.78, 5) is 44.2. The quantitative estimate of drug-likeness (QED) is 0.633. The Labute approximate surface area is 198 Å². The highest BCUT2D eigenvalue weighted by Crippen LogP contribution is 2.57. The van der Waals surface area contributed by atoms with Gasteiger partial charge >= 0.3 is 5.97 Å². The van der Waals surface area contributed by atoms with Crippen molar-refractivity contribution in [2.24, 2.45) is 11.8 Å². The molecule has 3 aliphatic rings. The molecule has 0 aliphatic carbocycles. The van der Waals surface area contributed by atoms with Gasteiger partial charge in [0.15, 0.2) is 0 Å². The maximum atomic E-state index is 14.0. The number of carbonyl (C=O) groups is 3. The molecule has 5 rings (SSSR count). The van der Waals surface area contributed by atoms with Gasteiger partial charge in [-0.05, 0) is 37.6 Å².